The first-order valence-corrected chi connectivity index (χ1v) is 3.48. The summed E-state index contributed by atoms with van der Waals surface area (Å²) in [4.78, 5) is 11.0. The van der Waals surface area contributed by atoms with Crippen LogP contribution in [0.4, 0.5) is 0 Å². The zero-order valence-electron chi connectivity index (χ0n) is 6.15. The quantitative estimate of drug-likeness (QED) is 0.638. The van der Waals surface area contributed by atoms with Gasteiger partial charge in [-0.3, -0.25) is 0 Å². The molecule has 3 nitrogen and oxygen atoms in total. The molecule has 0 aliphatic rings. The highest BCUT2D eigenvalue weighted by Crippen LogP contribution is 2.16. The van der Waals surface area contributed by atoms with E-state index in [1.807, 2.05) is 0 Å². The number of benzene rings is 1. The average Bonchev–Trinajstić information content (AvgIpc) is 2.04. The van der Waals surface area contributed by atoms with Crippen molar-refractivity contribution in [2.45, 2.75) is 0 Å². The molecule has 0 aliphatic carbocycles. The second-order valence-electron chi connectivity index (χ2n) is 2.48. The molecule has 0 aliphatic heterocycles. The summed E-state index contributed by atoms with van der Waals surface area (Å²) in [6, 6.07) is 6.15. The lowest BCUT2D eigenvalue weighted by Crippen LogP contribution is -1.96. The molecule has 0 saturated carbocycles. The standard InChI is InChI=1S/C9H6O3/c10-7-1-2-8-6(5-7)3-4-12-9(8)11/h1-5,10H. The highest BCUT2D eigenvalue weighted by molar-refractivity contribution is 5.82. The molecule has 2 rings (SSSR count). The number of hydrogen-bond donors (Lipinski definition) is 1. The lowest BCUT2D eigenvalue weighted by molar-refractivity contribution is 0.476. The number of hydrogen-bond acceptors (Lipinski definition) is 3. The highest BCUT2D eigenvalue weighted by atomic mass is 16.4. The second kappa shape index (κ2) is 2.37. The smallest absolute Gasteiger partial charge is 0.343 e. The molecule has 0 bridgehead atoms. The van der Waals surface area contributed by atoms with Gasteiger partial charge in [0.2, 0.25) is 0 Å². The largest absolute Gasteiger partial charge is 0.508 e. The summed E-state index contributed by atoms with van der Waals surface area (Å²) in [6.45, 7) is 0. The van der Waals surface area contributed by atoms with Gasteiger partial charge in [-0.2, -0.15) is 0 Å². The van der Waals surface area contributed by atoms with E-state index in [0.29, 0.717) is 10.8 Å². The van der Waals surface area contributed by atoms with Gasteiger partial charge in [0.1, 0.15) is 5.75 Å². The summed E-state index contributed by atoms with van der Waals surface area (Å²) in [5.74, 6) is 0.146. The molecular formula is C9H6O3. The van der Waals surface area contributed by atoms with Crippen LogP contribution in [0.5, 0.6) is 5.75 Å². The van der Waals surface area contributed by atoms with Gasteiger partial charge in [-0.1, -0.05) is 0 Å². The third kappa shape index (κ3) is 0.955. The lowest BCUT2D eigenvalue weighted by Gasteiger charge is -1.94. The molecule has 0 unspecified atom stereocenters. The van der Waals surface area contributed by atoms with E-state index in [2.05, 4.69) is 4.42 Å². The van der Waals surface area contributed by atoms with Crippen LogP contribution in [-0.4, -0.2) is 5.11 Å². The first-order chi connectivity index (χ1) is 5.77. The summed E-state index contributed by atoms with van der Waals surface area (Å²) in [5, 5.41) is 10.3. The van der Waals surface area contributed by atoms with Gasteiger partial charge in [0.25, 0.3) is 0 Å². The molecule has 0 saturated heterocycles. The summed E-state index contributed by atoms with van der Waals surface area (Å²) < 4.78 is 4.64. The molecule has 0 amide bonds. The molecule has 1 heterocycles. The van der Waals surface area contributed by atoms with Crippen LogP contribution in [0.3, 0.4) is 0 Å². The fourth-order valence-electron chi connectivity index (χ4n) is 1.11. The van der Waals surface area contributed by atoms with E-state index in [0.717, 1.165) is 0 Å². The van der Waals surface area contributed by atoms with Crippen LogP contribution < -0.4 is 5.63 Å². The maximum atomic E-state index is 11.0. The van der Waals surface area contributed by atoms with Crippen molar-refractivity contribution in [1.29, 1.82) is 0 Å². The van der Waals surface area contributed by atoms with E-state index in [1.165, 1.54) is 24.5 Å². The summed E-state index contributed by atoms with van der Waals surface area (Å²) >= 11 is 0. The van der Waals surface area contributed by atoms with Crippen LogP contribution in [0.25, 0.3) is 10.8 Å². The molecule has 0 spiro atoms. The lowest BCUT2D eigenvalue weighted by atomic mass is 10.2. The van der Waals surface area contributed by atoms with E-state index in [-0.39, 0.29) is 11.4 Å². The molecule has 1 N–H and O–H groups in total. The molecular weight excluding hydrogens is 156 g/mol. The Balaban J connectivity index is 2.96. The Morgan fingerprint density at radius 1 is 1.25 bits per heavy atom. The predicted octanol–water partition coefficient (Wildman–Crippen LogP) is 1.50. The van der Waals surface area contributed by atoms with Gasteiger partial charge < -0.3 is 9.52 Å². The van der Waals surface area contributed by atoms with E-state index in [1.54, 1.807) is 6.07 Å². The Bertz CT molecular complexity index is 470. The highest BCUT2D eigenvalue weighted by Gasteiger charge is 1.98. The summed E-state index contributed by atoms with van der Waals surface area (Å²) in [7, 11) is 0. The Morgan fingerprint density at radius 3 is 2.92 bits per heavy atom. The molecule has 0 atom stereocenters. The van der Waals surface area contributed by atoms with Gasteiger partial charge in [0, 0.05) is 0 Å². The van der Waals surface area contributed by atoms with Crippen molar-refractivity contribution in [3.63, 3.8) is 0 Å². The third-order valence-corrected chi connectivity index (χ3v) is 1.68. The number of rotatable bonds is 0. The van der Waals surface area contributed by atoms with Crippen molar-refractivity contribution in [1.82, 2.24) is 0 Å². The Hall–Kier alpha value is -1.77. The molecule has 3 heteroatoms. The molecule has 0 radical (unpaired) electrons. The Kier molecular flexibility index (Phi) is 1.37. The van der Waals surface area contributed by atoms with E-state index in [4.69, 9.17) is 5.11 Å². The van der Waals surface area contributed by atoms with Crippen molar-refractivity contribution in [3.05, 3.63) is 40.9 Å². The number of aromatic hydroxyl groups is 1. The minimum absolute atomic E-state index is 0.146. The van der Waals surface area contributed by atoms with Gasteiger partial charge in [0.05, 0.1) is 11.6 Å². The van der Waals surface area contributed by atoms with Gasteiger partial charge in [-0.05, 0) is 29.7 Å². The molecule has 2 aromatic rings. The van der Waals surface area contributed by atoms with Gasteiger partial charge in [-0.15, -0.1) is 0 Å². The van der Waals surface area contributed by atoms with E-state index >= 15 is 0 Å². The monoisotopic (exact) mass is 162 g/mol. The fraction of sp³-hybridized carbons (Fsp3) is 0. The fourth-order valence-corrected chi connectivity index (χ4v) is 1.11. The minimum atomic E-state index is -0.382. The van der Waals surface area contributed by atoms with Crippen LogP contribution >= 0.6 is 0 Å². The SMILES string of the molecule is O=c1occc2cc(O)ccc12. The molecule has 1 aromatic carbocycles. The van der Waals surface area contributed by atoms with Crippen LogP contribution in [0.15, 0.2) is 39.7 Å². The molecule has 1 aromatic heterocycles. The topological polar surface area (TPSA) is 50.4 Å². The predicted molar refractivity (Wildman–Crippen MR) is 44.1 cm³/mol. The van der Waals surface area contributed by atoms with Gasteiger partial charge in [-0.25, -0.2) is 4.79 Å². The van der Waals surface area contributed by atoms with Crippen LogP contribution in [-0.2, 0) is 0 Å². The molecule has 60 valence electrons. The van der Waals surface area contributed by atoms with Crippen molar-refractivity contribution in [2.75, 3.05) is 0 Å². The van der Waals surface area contributed by atoms with Crippen molar-refractivity contribution >= 4 is 10.8 Å². The summed E-state index contributed by atoms with van der Waals surface area (Å²) in [6.07, 6.45) is 1.31. The van der Waals surface area contributed by atoms with Crippen LogP contribution in [0, 0.1) is 0 Å². The molecule has 12 heavy (non-hydrogen) atoms. The van der Waals surface area contributed by atoms with Gasteiger partial charge in [0.15, 0.2) is 0 Å². The number of fused-ring (bicyclic) bond motifs is 1. The number of phenols is 1. The Morgan fingerprint density at radius 2 is 2.08 bits per heavy atom. The first kappa shape index (κ1) is 6.91. The van der Waals surface area contributed by atoms with Crippen LogP contribution in [0.1, 0.15) is 0 Å². The maximum absolute atomic E-state index is 11.0. The Labute approximate surface area is 67.9 Å². The average molecular weight is 162 g/mol. The third-order valence-electron chi connectivity index (χ3n) is 1.68. The van der Waals surface area contributed by atoms with Crippen molar-refractivity contribution in [3.8, 4) is 5.75 Å². The van der Waals surface area contributed by atoms with Gasteiger partial charge >= 0.3 is 5.63 Å². The van der Waals surface area contributed by atoms with Crippen molar-refractivity contribution in [2.24, 2.45) is 0 Å². The second-order valence-corrected chi connectivity index (χ2v) is 2.48. The zero-order chi connectivity index (χ0) is 8.55. The normalized spacial score (nSPS) is 10.3. The molecule has 0 fully saturated rings. The summed E-state index contributed by atoms with van der Waals surface area (Å²) in [5.41, 5.74) is -0.382. The van der Waals surface area contributed by atoms with E-state index < -0.39 is 0 Å². The number of phenolic OH excluding ortho intramolecular Hbond substituents is 1. The van der Waals surface area contributed by atoms with Crippen LogP contribution in [0.2, 0.25) is 0 Å². The zero-order valence-corrected chi connectivity index (χ0v) is 6.15. The minimum Gasteiger partial charge on any atom is -0.508 e. The van der Waals surface area contributed by atoms with E-state index in [9.17, 15) is 4.79 Å². The maximum Gasteiger partial charge on any atom is 0.343 e. The van der Waals surface area contributed by atoms with Crippen molar-refractivity contribution < 1.29 is 9.52 Å². The first-order valence-electron chi connectivity index (χ1n) is 3.48.